The van der Waals surface area contributed by atoms with Crippen molar-refractivity contribution in [1.82, 2.24) is 9.88 Å². The second-order valence-electron chi connectivity index (χ2n) is 8.10. The zero-order chi connectivity index (χ0) is 23.9. The van der Waals surface area contributed by atoms with Gasteiger partial charge in [-0.15, -0.1) is 0 Å². The lowest BCUT2D eigenvalue weighted by molar-refractivity contribution is -0.118. The van der Waals surface area contributed by atoms with E-state index in [1.165, 1.54) is 29.7 Å². The molecule has 1 unspecified atom stereocenters. The van der Waals surface area contributed by atoms with Crippen LogP contribution in [0, 0.1) is 26.6 Å². The van der Waals surface area contributed by atoms with E-state index in [-0.39, 0.29) is 23.2 Å². The van der Waals surface area contributed by atoms with Gasteiger partial charge in [-0.3, -0.25) is 14.4 Å². The topological polar surface area (TPSA) is 141 Å². The van der Waals surface area contributed by atoms with Crippen LogP contribution in [0.3, 0.4) is 0 Å². The molecule has 1 fully saturated rings. The molecule has 0 bridgehead atoms. The Morgan fingerprint density at radius 1 is 1.09 bits per heavy atom. The molecule has 1 aromatic heterocycles. The van der Waals surface area contributed by atoms with Crippen molar-refractivity contribution in [2.45, 2.75) is 51.5 Å². The highest BCUT2D eigenvalue weighted by Gasteiger charge is 2.42. The highest BCUT2D eigenvalue weighted by atomic mass is 19.1. The molecule has 2 aromatic rings. The predicted octanol–water partition coefficient (Wildman–Crippen LogP) is 0.496. The van der Waals surface area contributed by atoms with E-state index in [0.717, 1.165) is 0 Å². The molecule has 2 amide bonds. The van der Waals surface area contributed by atoms with Crippen LogP contribution in [-0.4, -0.2) is 61.8 Å². The first-order valence-corrected chi connectivity index (χ1v) is 10.1. The number of nitrogens with zero attached hydrogens (tertiary/aromatic N) is 1. The van der Waals surface area contributed by atoms with Crippen LogP contribution in [0.5, 0.6) is 0 Å². The summed E-state index contributed by atoms with van der Waals surface area (Å²) in [4.78, 5) is 38.3. The molecular weight excluding hydrogens is 421 g/mol. The summed E-state index contributed by atoms with van der Waals surface area (Å²) in [5.41, 5.74) is 1.68. The zero-order valence-corrected chi connectivity index (χ0v) is 18.1. The maximum Gasteiger partial charge on any atom is 0.294 e. The number of Topliss-reactive ketones (excluding diaryl/α,β-unsaturated/α-hetero) is 1. The van der Waals surface area contributed by atoms with Gasteiger partial charge >= 0.3 is 0 Å². The number of carbonyl (C=O) groups excluding carboxylic acids is 3. The fourth-order valence-electron chi connectivity index (χ4n) is 4.04. The molecule has 172 valence electrons. The van der Waals surface area contributed by atoms with Gasteiger partial charge in [0.15, 0.2) is 0 Å². The lowest BCUT2D eigenvalue weighted by atomic mass is 10.1. The molecular formula is C22H26FN3O6. The molecule has 0 radical (unpaired) electrons. The van der Waals surface area contributed by atoms with Crippen molar-refractivity contribution >= 4 is 23.3 Å². The first-order valence-electron chi connectivity index (χ1n) is 10.1. The average molecular weight is 447 g/mol. The van der Waals surface area contributed by atoms with E-state index < -0.39 is 47.8 Å². The number of aliphatic hydroxyl groups is 3. The van der Waals surface area contributed by atoms with Crippen LogP contribution in [0.4, 0.5) is 10.1 Å². The second-order valence-corrected chi connectivity index (χ2v) is 8.10. The van der Waals surface area contributed by atoms with Gasteiger partial charge in [-0.25, -0.2) is 4.39 Å². The van der Waals surface area contributed by atoms with Crippen molar-refractivity contribution < 1.29 is 34.1 Å². The standard InChI is InChI=1S/C22H26FN3O6/c1-9-7-12(5-6-13(9)23)24-21(31)16-10(2)17(26(4)11(16)3)20(30)22(32)25-14-8-15(27)19(29)18(14)28/h5-7,14-15,18-19,27-29H,8H2,1-4H3,(H,24,31)(H,25,32)/t14-,15+,18+,19?/m1/s1. The van der Waals surface area contributed by atoms with Crippen molar-refractivity contribution in [1.29, 1.82) is 0 Å². The number of rotatable bonds is 5. The van der Waals surface area contributed by atoms with E-state index in [2.05, 4.69) is 10.6 Å². The van der Waals surface area contributed by atoms with Gasteiger partial charge in [-0.1, -0.05) is 0 Å². The third kappa shape index (κ3) is 4.16. The SMILES string of the molecule is Cc1cc(NC(=O)c2c(C)c(C(=O)C(=O)N[C@@H]3C[C@H](O)C(O)[C@H]3O)n(C)c2C)ccc1F. The fraction of sp³-hybridized carbons (Fsp3) is 0.409. The van der Waals surface area contributed by atoms with Crippen molar-refractivity contribution in [3.63, 3.8) is 0 Å². The van der Waals surface area contributed by atoms with Gasteiger partial charge in [-0.05, 0) is 56.5 Å². The van der Waals surface area contributed by atoms with E-state index in [9.17, 15) is 34.1 Å². The third-order valence-corrected chi connectivity index (χ3v) is 5.96. The van der Waals surface area contributed by atoms with Crippen LogP contribution in [-0.2, 0) is 11.8 Å². The summed E-state index contributed by atoms with van der Waals surface area (Å²) in [6.45, 7) is 4.73. The number of benzene rings is 1. The van der Waals surface area contributed by atoms with Crippen LogP contribution in [0.25, 0.3) is 0 Å². The van der Waals surface area contributed by atoms with Crippen LogP contribution in [0.2, 0.25) is 0 Å². The number of hydrogen-bond acceptors (Lipinski definition) is 6. The Morgan fingerprint density at radius 3 is 2.31 bits per heavy atom. The van der Waals surface area contributed by atoms with Gasteiger partial charge in [0.05, 0.1) is 23.4 Å². The molecule has 9 nitrogen and oxygen atoms in total. The van der Waals surface area contributed by atoms with Crippen LogP contribution in [0.1, 0.15) is 44.1 Å². The van der Waals surface area contributed by atoms with Crippen molar-refractivity contribution in [2.75, 3.05) is 5.32 Å². The molecule has 0 spiro atoms. The summed E-state index contributed by atoms with van der Waals surface area (Å²) in [7, 11) is 1.54. The predicted molar refractivity (Wildman–Crippen MR) is 113 cm³/mol. The summed E-state index contributed by atoms with van der Waals surface area (Å²) in [6.07, 6.45) is -4.13. The number of amides is 2. The van der Waals surface area contributed by atoms with Gasteiger partial charge in [0, 0.05) is 18.4 Å². The lowest BCUT2D eigenvalue weighted by Crippen LogP contribution is -2.46. The van der Waals surface area contributed by atoms with E-state index in [1.54, 1.807) is 20.9 Å². The summed E-state index contributed by atoms with van der Waals surface area (Å²) in [6, 6.07) is 3.15. The number of carbonyl (C=O) groups is 3. The van der Waals surface area contributed by atoms with Crippen LogP contribution >= 0.6 is 0 Å². The molecule has 0 aliphatic heterocycles. The highest BCUT2D eigenvalue weighted by Crippen LogP contribution is 2.25. The van der Waals surface area contributed by atoms with E-state index in [4.69, 9.17) is 0 Å². The summed E-state index contributed by atoms with van der Waals surface area (Å²) in [5, 5.41) is 34.2. The van der Waals surface area contributed by atoms with E-state index in [1.807, 2.05) is 0 Å². The summed E-state index contributed by atoms with van der Waals surface area (Å²) in [5.74, 6) is -2.87. The number of anilines is 1. The molecule has 10 heteroatoms. The smallest absolute Gasteiger partial charge is 0.294 e. The minimum absolute atomic E-state index is 0.00554. The quantitative estimate of drug-likeness (QED) is 0.334. The molecule has 0 saturated heterocycles. The highest BCUT2D eigenvalue weighted by molar-refractivity contribution is 6.43. The molecule has 1 aliphatic rings. The Bertz CT molecular complexity index is 1100. The minimum Gasteiger partial charge on any atom is -0.390 e. The second kappa shape index (κ2) is 8.81. The van der Waals surface area contributed by atoms with E-state index in [0.29, 0.717) is 16.9 Å². The maximum atomic E-state index is 13.5. The normalized spacial score (nSPS) is 22.6. The molecule has 1 saturated carbocycles. The minimum atomic E-state index is -1.42. The van der Waals surface area contributed by atoms with Crippen LogP contribution in [0.15, 0.2) is 18.2 Å². The average Bonchev–Trinajstić information content (AvgIpc) is 3.10. The molecule has 3 rings (SSSR count). The Balaban J connectivity index is 1.83. The largest absolute Gasteiger partial charge is 0.390 e. The number of aliphatic hydroxyl groups excluding tert-OH is 3. The Kier molecular flexibility index (Phi) is 6.49. The van der Waals surface area contributed by atoms with Gasteiger partial charge in [0.25, 0.3) is 17.6 Å². The van der Waals surface area contributed by atoms with Crippen molar-refractivity contribution in [3.05, 3.63) is 52.1 Å². The zero-order valence-electron chi connectivity index (χ0n) is 18.1. The first kappa shape index (κ1) is 23.6. The molecule has 1 aromatic carbocycles. The van der Waals surface area contributed by atoms with Gasteiger partial charge in [-0.2, -0.15) is 0 Å². The maximum absolute atomic E-state index is 13.5. The van der Waals surface area contributed by atoms with Crippen molar-refractivity contribution in [2.24, 2.45) is 7.05 Å². The third-order valence-electron chi connectivity index (χ3n) is 5.96. The molecule has 1 aliphatic carbocycles. The van der Waals surface area contributed by atoms with Gasteiger partial charge in [0.1, 0.15) is 18.0 Å². The molecule has 1 heterocycles. The first-order chi connectivity index (χ1) is 14.9. The van der Waals surface area contributed by atoms with Crippen LogP contribution < -0.4 is 10.6 Å². The van der Waals surface area contributed by atoms with E-state index >= 15 is 0 Å². The number of aryl methyl sites for hydroxylation is 1. The number of hydrogen-bond donors (Lipinski definition) is 5. The van der Waals surface area contributed by atoms with Gasteiger partial charge < -0.3 is 30.5 Å². The summed E-state index contributed by atoms with van der Waals surface area (Å²) >= 11 is 0. The van der Waals surface area contributed by atoms with Crippen molar-refractivity contribution in [3.8, 4) is 0 Å². The Morgan fingerprint density at radius 2 is 1.75 bits per heavy atom. The Labute approximate surface area is 183 Å². The number of nitrogens with one attached hydrogen (secondary N) is 2. The molecule has 5 N–H and O–H groups in total. The lowest BCUT2D eigenvalue weighted by Gasteiger charge is -2.17. The monoisotopic (exact) mass is 447 g/mol. The van der Waals surface area contributed by atoms with Gasteiger partial charge in [0.2, 0.25) is 0 Å². The summed E-state index contributed by atoms with van der Waals surface area (Å²) < 4.78 is 14.9. The number of halogens is 1. The number of aromatic nitrogens is 1. The molecule has 4 atom stereocenters. The number of ketones is 1. The fourth-order valence-corrected chi connectivity index (χ4v) is 4.04. The molecule has 32 heavy (non-hydrogen) atoms. The Hall–Kier alpha value is -3.08.